The lowest BCUT2D eigenvalue weighted by Crippen LogP contribution is -2.19. The molecule has 8 nitrogen and oxygen atoms in total. The van der Waals surface area contributed by atoms with Crippen LogP contribution in [0.4, 0.5) is 0 Å². The second-order valence-corrected chi connectivity index (χ2v) is 8.54. The molecule has 0 amide bonds. The first-order chi connectivity index (χ1) is 12.7. The third-order valence-electron chi connectivity index (χ3n) is 4.12. The Morgan fingerprint density at radius 3 is 2.56 bits per heavy atom. The first-order valence-corrected chi connectivity index (χ1v) is 9.98. The fourth-order valence-electron chi connectivity index (χ4n) is 2.63. The molecule has 1 aromatic carbocycles. The van der Waals surface area contributed by atoms with Crippen LogP contribution in [0.15, 0.2) is 38.6 Å². The zero-order chi connectivity index (χ0) is 19.9. The molecule has 1 N–H and O–H groups in total. The van der Waals surface area contributed by atoms with Gasteiger partial charge in [-0.05, 0) is 19.1 Å². The third-order valence-corrected chi connectivity index (χ3v) is 6.28. The molecular formula is C17H16ClN3O5S. The number of hydrogen-bond donors (Lipinski definition) is 1. The zero-order valence-corrected chi connectivity index (χ0v) is 16.3. The van der Waals surface area contributed by atoms with Crippen molar-refractivity contribution in [3.8, 4) is 11.3 Å². The quantitative estimate of drug-likeness (QED) is 0.647. The van der Waals surface area contributed by atoms with Crippen molar-refractivity contribution in [2.24, 2.45) is 7.05 Å². The molecule has 0 saturated carbocycles. The number of carbonyl (C=O) groups excluding carboxylic acids is 1. The van der Waals surface area contributed by atoms with Gasteiger partial charge in [-0.2, -0.15) is 0 Å². The summed E-state index contributed by atoms with van der Waals surface area (Å²) in [5, 5.41) is 6.26. The van der Waals surface area contributed by atoms with E-state index in [1.807, 2.05) is 0 Å². The van der Waals surface area contributed by atoms with Crippen molar-refractivity contribution in [2.75, 3.05) is 5.75 Å². The first-order valence-electron chi connectivity index (χ1n) is 7.95. The largest absolute Gasteiger partial charge is 0.356 e. The molecule has 0 saturated heterocycles. The predicted octanol–water partition coefficient (Wildman–Crippen LogP) is 2.35. The van der Waals surface area contributed by atoms with Gasteiger partial charge in [-0.3, -0.25) is 14.3 Å². The molecule has 0 spiro atoms. The average molecular weight is 410 g/mol. The Bertz CT molecular complexity index is 1200. The van der Waals surface area contributed by atoms with Gasteiger partial charge in [0.1, 0.15) is 5.56 Å². The smallest absolute Gasteiger partial charge is 0.277 e. The summed E-state index contributed by atoms with van der Waals surface area (Å²) in [7, 11) is -2.18. The standard InChI is InChI=1S/C17H16ClN3O5S/c1-4-27(24,25)13-6-5-10(16(22)11-8-19-21(3)17(11)23)15(18)14(13)12-7-9(2)20-26-12/h5-8,19H,4H2,1-3H3. The number of H-pyrrole nitrogens is 1. The molecule has 2 heterocycles. The number of nitrogens with zero attached hydrogens (tertiary/aromatic N) is 2. The fourth-order valence-corrected chi connectivity index (χ4v) is 4.13. The molecule has 0 unspecified atom stereocenters. The lowest BCUT2D eigenvalue weighted by atomic mass is 10.0. The SMILES string of the molecule is CCS(=O)(=O)c1ccc(C(=O)c2c[nH]n(C)c2=O)c(Cl)c1-c1cc(C)no1. The van der Waals surface area contributed by atoms with Gasteiger partial charge in [0.15, 0.2) is 15.6 Å². The van der Waals surface area contributed by atoms with Crippen LogP contribution in [-0.2, 0) is 16.9 Å². The molecule has 3 aromatic rings. The summed E-state index contributed by atoms with van der Waals surface area (Å²) in [6.45, 7) is 3.18. The third kappa shape index (κ3) is 3.24. The van der Waals surface area contributed by atoms with Crippen molar-refractivity contribution >= 4 is 27.2 Å². The molecule has 0 bridgehead atoms. The highest BCUT2D eigenvalue weighted by molar-refractivity contribution is 7.91. The summed E-state index contributed by atoms with van der Waals surface area (Å²) >= 11 is 6.43. The summed E-state index contributed by atoms with van der Waals surface area (Å²) in [6.07, 6.45) is 1.27. The summed E-state index contributed by atoms with van der Waals surface area (Å²) in [6, 6.07) is 4.12. The summed E-state index contributed by atoms with van der Waals surface area (Å²) < 4.78 is 31.3. The van der Waals surface area contributed by atoms with Gasteiger partial charge in [0.25, 0.3) is 5.56 Å². The monoisotopic (exact) mass is 409 g/mol. The van der Waals surface area contributed by atoms with Gasteiger partial charge in [-0.25, -0.2) is 8.42 Å². The Morgan fingerprint density at radius 1 is 1.33 bits per heavy atom. The Kier molecular flexibility index (Phi) is 4.83. The highest BCUT2D eigenvalue weighted by Crippen LogP contribution is 2.38. The van der Waals surface area contributed by atoms with Crippen LogP contribution in [0, 0.1) is 6.92 Å². The minimum Gasteiger partial charge on any atom is -0.356 e. The molecule has 0 aliphatic heterocycles. The number of nitrogens with one attached hydrogen (secondary N) is 1. The zero-order valence-electron chi connectivity index (χ0n) is 14.7. The number of sulfone groups is 1. The molecular weight excluding hydrogens is 394 g/mol. The summed E-state index contributed by atoms with van der Waals surface area (Å²) in [5.41, 5.74) is -0.0504. The van der Waals surface area contributed by atoms with Gasteiger partial charge in [-0.1, -0.05) is 23.7 Å². The van der Waals surface area contributed by atoms with Crippen molar-refractivity contribution in [3.05, 3.63) is 56.6 Å². The van der Waals surface area contributed by atoms with Crippen LogP contribution in [0.3, 0.4) is 0 Å². The first kappa shape index (κ1) is 19.1. The maximum absolute atomic E-state index is 12.8. The number of carbonyl (C=O) groups is 1. The Hall–Kier alpha value is -2.65. The maximum atomic E-state index is 12.8. The Labute approximate surface area is 159 Å². The second-order valence-electron chi connectivity index (χ2n) is 5.92. The molecule has 0 aliphatic carbocycles. The van der Waals surface area contributed by atoms with E-state index >= 15 is 0 Å². The van der Waals surface area contributed by atoms with E-state index in [1.54, 1.807) is 6.92 Å². The van der Waals surface area contributed by atoms with E-state index < -0.39 is 21.2 Å². The molecule has 0 atom stereocenters. The van der Waals surface area contributed by atoms with Crippen molar-refractivity contribution in [3.63, 3.8) is 0 Å². The van der Waals surface area contributed by atoms with E-state index in [4.69, 9.17) is 16.1 Å². The van der Waals surface area contributed by atoms with E-state index in [1.165, 1.54) is 38.4 Å². The van der Waals surface area contributed by atoms with Crippen LogP contribution in [0.5, 0.6) is 0 Å². The molecule has 0 fully saturated rings. The number of aromatic amines is 1. The van der Waals surface area contributed by atoms with E-state index in [2.05, 4.69) is 10.3 Å². The van der Waals surface area contributed by atoms with Gasteiger partial charge in [0, 0.05) is 24.9 Å². The fraction of sp³-hybridized carbons (Fsp3) is 0.235. The van der Waals surface area contributed by atoms with Crippen molar-refractivity contribution < 1.29 is 17.7 Å². The number of hydrogen-bond acceptors (Lipinski definition) is 6. The molecule has 0 aliphatic rings. The number of ketones is 1. The van der Waals surface area contributed by atoms with Crippen molar-refractivity contribution in [1.29, 1.82) is 0 Å². The lowest BCUT2D eigenvalue weighted by Gasteiger charge is -2.12. The van der Waals surface area contributed by atoms with Gasteiger partial charge in [-0.15, -0.1) is 0 Å². The predicted molar refractivity (Wildman–Crippen MR) is 98.9 cm³/mol. The minimum atomic E-state index is -3.66. The van der Waals surface area contributed by atoms with Gasteiger partial charge < -0.3 is 9.62 Å². The number of rotatable bonds is 5. The molecule has 27 heavy (non-hydrogen) atoms. The lowest BCUT2D eigenvalue weighted by molar-refractivity contribution is 0.103. The van der Waals surface area contributed by atoms with Crippen LogP contribution in [-0.4, -0.2) is 34.9 Å². The summed E-state index contributed by atoms with van der Waals surface area (Å²) in [4.78, 5) is 24.8. The number of halogens is 1. The van der Waals surface area contributed by atoms with E-state index in [0.717, 1.165) is 4.68 Å². The maximum Gasteiger partial charge on any atom is 0.277 e. The molecule has 10 heteroatoms. The molecule has 0 radical (unpaired) electrons. The number of aromatic nitrogens is 3. The van der Waals surface area contributed by atoms with E-state index in [-0.39, 0.29) is 38.1 Å². The van der Waals surface area contributed by atoms with Crippen molar-refractivity contribution in [2.45, 2.75) is 18.7 Å². The Morgan fingerprint density at radius 2 is 2.04 bits per heavy atom. The highest BCUT2D eigenvalue weighted by atomic mass is 35.5. The van der Waals surface area contributed by atoms with Gasteiger partial charge in [0.2, 0.25) is 5.78 Å². The highest BCUT2D eigenvalue weighted by Gasteiger charge is 2.28. The molecule has 142 valence electrons. The summed E-state index contributed by atoms with van der Waals surface area (Å²) in [5.74, 6) is -0.657. The molecule has 2 aromatic heterocycles. The number of benzene rings is 1. The number of aryl methyl sites for hydroxylation is 2. The minimum absolute atomic E-state index is 0.00697. The van der Waals surface area contributed by atoms with Crippen LogP contribution in [0.1, 0.15) is 28.5 Å². The van der Waals surface area contributed by atoms with Crippen LogP contribution < -0.4 is 5.56 Å². The van der Waals surface area contributed by atoms with Gasteiger partial charge in [0.05, 0.1) is 26.9 Å². The van der Waals surface area contributed by atoms with E-state index in [0.29, 0.717) is 5.69 Å². The van der Waals surface area contributed by atoms with E-state index in [9.17, 15) is 18.0 Å². The average Bonchev–Trinajstić information content (AvgIpc) is 3.20. The van der Waals surface area contributed by atoms with Crippen molar-refractivity contribution in [1.82, 2.24) is 14.9 Å². The topological polar surface area (TPSA) is 115 Å². The molecule has 3 rings (SSSR count). The van der Waals surface area contributed by atoms with Crippen LogP contribution in [0.25, 0.3) is 11.3 Å². The van der Waals surface area contributed by atoms with Gasteiger partial charge >= 0.3 is 0 Å². The second kappa shape index (κ2) is 6.82. The van der Waals surface area contributed by atoms with Crippen LogP contribution in [0.2, 0.25) is 5.02 Å². The Balaban J connectivity index is 2.29. The normalized spacial score (nSPS) is 11.7. The van der Waals surface area contributed by atoms with Crippen LogP contribution >= 0.6 is 11.6 Å².